The van der Waals surface area contributed by atoms with Crippen LogP contribution in [0.5, 0.6) is 0 Å². The van der Waals surface area contributed by atoms with Crippen molar-refractivity contribution in [1.29, 1.82) is 0 Å². The molecule has 114 valence electrons. The second-order valence-corrected chi connectivity index (χ2v) is 6.48. The summed E-state index contributed by atoms with van der Waals surface area (Å²) >= 11 is 0. The average molecular weight is 291 g/mol. The normalized spacial score (nSPS) is 21.3. The van der Waals surface area contributed by atoms with Crippen LogP contribution in [0.4, 0.5) is 0 Å². The van der Waals surface area contributed by atoms with E-state index < -0.39 is 19.1 Å². The molecule has 1 aliphatic heterocycles. The zero-order valence-corrected chi connectivity index (χ0v) is 12.9. The highest BCUT2D eigenvalue weighted by molar-refractivity contribution is 6.62. The lowest BCUT2D eigenvalue weighted by molar-refractivity contribution is -0.138. The van der Waals surface area contributed by atoms with E-state index in [0.29, 0.717) is 6.42 Å². The average Bonchev–Trinajstić information content (AvgIpc) is 2.59. The SMILES string of the molecule is CC1(C)OB(c2ccc(C[C@@H](N)C(=O)O)cc2)OC1(C)C. The molecule has 5 nitrogen and oxygen atoms in total. The highest BCUT2D eigenvalue weighted by Gasteiger charge is 2.51. The van der Waals surface area contributed by atoms with E-state index in [-0.39, 0.29) is 11.2 Å². The molecule has 0 aromatic heterocycles. The Morgan fingerprint density at radius 2 is 1.67 bits per heavy atom. The van der Waals surface area contributed by atoms with Gasteiger partial charge in [0.05, 0.1) is 11.2 Å². The third-order valence-corrected chi connectivity index (χ3v) is 4.28. The Hall–Kier alpha value is -1.37. The molecule has 1 aliphatic rings. The van der Waals surface area contributed by atoms with Crippen LogP contribution in [-0.4, -0.2) is 35.4 Å². The van der Waals surface area contributed by atoms with Gasteiger partial charge in [-0.1, -0.05) is 24.3 Å². The molecule has 21 heavy (non-hydrogen) atoms. The predicted octanol–water partition coefficient (Wildman–Crippen LogP) is 0.940. The summed E-state index contributed by atoms with van der Waals surface area (Å²) in [6.07, 6.45) is 0.305. The van der Waals surface area contributed by atoms with E-state index in [1.807, 2.05) is 52.0 Å². The van der Waals surface area contributed by atoms with Crippen molar-refractivity contribution < 1.29 is 19.2 Å². The molecule has 1 fully saturated rings. The molecule has 0 radical (unpaired) electrons. The standard InChI is InChI=1S/C15H22BNO4/c1-14(2)15(3,4)21-16(20-14)11-7-5-10(6-8-11)9-12(17)13(18)19/h5-8,12H,9,17H2,1-4H3,(H,18,19)/t12-/m1/s1. The van der Waals surface area contributed by atoms with Gasteiger partial charge in [0.2, 0.25) is 0 Å². The monoisotopic (exact) mass is 291 g/mol. The zero-order valence-electron chi connectivity index (χ0n) is 12.9. The fourth-order valence-corrected chi connectivity index (χ4v) is 2.13. The molecule has 1 atom stereocenters. The first-order chi connectivity index (χ1) is 9.62. The maximum atomic E-state index is 10.8. The molecule has 0 spiro atoms. The Bertz CT molecular complexity index is 511. The van der Waals surface area contributed by atoms with Crippen LogP contribution in [0.1, 0.15) is 33.3 Å². The van der Waals surface area contributed by atoms with E-state index in [0.717, 1.165) is 11.0 Å². The third kappa shape index (κ3) is 3.28. The fourth-order valence-electron chi connectivity index (χ4n) is 2.13. The summed E-state index contributed by atoms with van der Waals surface area (Å²) in [4.78, 5) is 10.8. The van der Waals surface area contributed by atoms with Gasteiger partial charge in [0.1, 0.15) is 6.04 Å². The molecule has 0 aliphatic carbocycles. The summed E-state index contributed by atoms with van der Waals surface area (Å²) in [5, 5.41) is 8.82. The van der Waals surface area contributed by atoms with Crippen LogP contribution in [-0.2, 0) is 20.5 Å². The number of benzene rings is 1. The third-order valence-electron chi connectivity index (χ3n) is 4.28. The molecule has 1 aromatic carbocycles. The molecule has 0 saturated carbocycles. The van der Waals surface area contributed by atoms with E-state index in [1.54, 1.807) is 0 Å². The number of rotatable bonds is 4. The molecule has 1 saturated heterocycles. The lowest BCUT2D eigenvalue weighted by Crippen LogP contribution is -2.41. The maximum Gasteiger partial charge on any atom is 0.494 e. The summed E-state index contributed by atoms with van der Waals surface area (Å²) in [7, 11) is -0.405. The van der Waals surface area contributed by atoms with Gasteiger partial charge in [-0.05, 0) is 45.1 Å². The molecule has 3 N–H and O–H groups in total. The maximum absolute atomic E-state index is 10.8. The largest absolute Gasteiger partial charge is 0.494 e. The number of hydrogen-bond donors (Lipinski definition) is 2. The number of aliphatic carboxylic acids is 1. The van der Waals surface area contributed by atoms with Crippen LogP contribution in [0.3, 0.4) is 0 Å². The van der Waals surface area contributed by atoms with Crippen molar-refractivity contribution >= 4 is 18.6 Å². The Kier molecular flexibility index (Phi) is 4.15. The van der Waals surface area contributed by atoms with Crippen LogP contribution >= 0.6 is 0 Å². The summed E-state index contributed by atoms with van der Waals surface area (Å²) in [6.45, 7) is 8.03. The van der Waals surface area contributed by atoms with Gasteiger partial charge >= 0.3 is 13.1 Å². The molecular formula is C15H22BNO4. The molecule has 0 unspecified atom stereocenters. The highest BCUT2D eigenvalue weighted by atomic mass is 16.7. The Labute approximate surface area is 125 Å². The van der Waals surface area contributed by atoms with Crippen molar-refractivity contribution in [2.24, 2.45) is 5.73 Å². The van der Waals surface area contributed by atoms with Crippen LogP contribution in [0, 0.1) is 0 Å². The van der Waals surface area contributed by atoms with Crippen molar-refractivity contribution in [1.82, 2.24) is 0 Å². The van der Waals surface area contributed by atoms with Gasteiger partial charge in [-0.3, -0.25) is 4.79 Å². The number of carbonyl (C=O) groups is 1. The van der Waals surface area contributed by atoms with Crippen LogP contribution in [0.25, 0.3) is 0 Å². The van der Waals surface area contributed by atoms with Crippen LogP contribution in [0.2, 0.25) is 0 Å². The molecular weight excluding hydrogens is 269 g/mol. The number of nitrogens with two attached hydrogens (primary N) is 1. The van der Waals surface area contributed by atoms with E-state index in [1.165, 1.54) is 0 Å². The zero-order chi connectivity index (χ0) is 15.8. The van der Waals surface area contributed by atoms with Crippen molar-refractivity contribution in [2.45, 2.75) is 51.4 Å². The Morgan fingerprint density at radius 3 is 2.10 bits per heavy atom. The van der Waals surface area contributed by atoms with Gasteiger partial charge in [0, 0.05) is 0 Å². The summed E-state index contributed by atoms with van der Waals surface area (Å²) in [5.74, 6) is -0.995. The molecule has 1 aromatic rings. The lowest BCUT2D eigenvalue weighted by atomic mass is 9.78. The number of carboxylic acid groups (broad SMARTS) is 1. The minimum atomic E-state index is -0.995. The molecule has 0 amide bonds. The van der Waals surface area contributed by atoms with Crippen LogP contribution in [0.15, 0.2) is 24.3 Å². The number of carboxylic acids is 1. The highest BCUT2D eigenvalue weighted by Crippen LogP contribution is 2.36. The van der Waals surface area contributed by atoms with E-state index in [2.05, 4.69) is 0 Å². The minimum absolute atomic E-state index is 0.305. The quantitative estimate of drug-likeness (QED) is 0.807. The second-order valence-electron chi connectivity index (χ2n) is 6.48. The Morgan fingerprint density at radius 1 is 1.19 bits per heavy atom. The topological polar surface area (TPSA) is 81.8 Å². The van der Waals surface area contributed by atoms with Gasteiger partial charge in [-0.2, -0.15) is 0 Å². The van der Waals surface area contributed by atoms with Crippen molar-refractivity contribution in [2.75, 3.05) is 0 Å². The van der Waals surface area contributed by atoms with E-state index in [4.69, 9.17) is 20.1 Å². The van der Waals surface area contributed by atoms with Gasteiger partial charge in [-0.15, -0.1) is 0 Å². The summed E-state index contributed by atoms with van der Waals surface area (Å²) < 4.78 is 11.9. The van der Waals surface area contributed by atoms with Crippen molar-refractivity contribution in [3.8, 4) is 0 Å². The molecule has 6 heteroatoms. The smallest absolute Gasteiger partial charge is 0.480 e. The molecule has 0 bridgehead atoms. The van der Waals surface area contributed by atoms with Gasteiger partial charge < -0.3 is 20.1 Å². The lowest BCUT2D eigenvalue weighted by Gasteiger charge is -2.32. The Balaban J connectivity index is 2.09. The van der Waals surface area contributed by atoms with Crippen LogP contribution < -0.4 is 11.2 Å². The summed E-state index contributed by atoms with van der Waals surface area (Å²) in [5.41, 5.74) is 6.58. The predicted molar refractivity (Wildman–Crippen MR) is 81.5 cm³/mol. The summed E-state index contributed by atoms with van der Waals surface area (Å²) in [6, 6.07) is 6.64. The van der Waals surface area contributed by atoms with Gasteiger partial charge in [0.15, 0.2) is 0 Å². The first-order valence-electron chi connectivity index (χ1n) is 7.05. The molecule has 2 rings (SSSR count). The second kappa shape index (κ2) is 5.44. The fraction of sp³-hybridized carbons (Fsp3) is 0.533. The van der Waals surface area contributed by atoms with Crippen molar-refractivity contribution in [3.63, 3.8) is 0 Å². The van der Waals surface area contributed by atoms with E-state index >= 15 is 0 Å². The van der Waals surface area contributed by atoms with E-state index in [9.17, 15) is 4.79 Å². The molecule has 1 heterocycles. The minimum Gasteiger partial charge on any atom is -0.480 e. The van der Waals surface area contributed by atoms with Gasteiger partial charge in [0.25, 0.3) is 0 Å². The van der Waals surface area contributed by atoms with Gasteiger partial charge in [-0.25, -0.2) is 0 Å². The first kappa shape index (κ1) is 16.0. The number of hydrogen-bond acceptors (Lipinski definition) is 4. The first-order valence-corrected chi connectivity index (χ1v) is 7.05. The van der Waals surface area contributed by atoms with Crippen molar-refractivity contribution in [3.05, 3.63) is 29.8 Å².